The fraction of sp³-hybridized carbons (Fsp3) is 0.0870. The molecule has 0 spiro atoms. The summed E-state index contributed by atoms with van der Waals surface area (Å²) in [5.74, 6) is -0.972. The van der Waals surface area contributed by atoms with E-state index in [9.17, 15) is 9.59 Å². The topological polar surface area (TPSA) is 73.2 Å². The first-order chi connectivity index (χ1) is 14.7. The number of nitrogens with one attached hydrogen (secondary N) is 1. The molecule has 4 rings (SSSR count). The standard InChI is InChI=1S/C23H19N3O3S/c27-22(24-15-17-8-3-1-4-9-17)16-29-23(28)20-14-19(21-12-7-13-30-21)25-26(20)18-10-5-2-6-11-18/h1-14H,15-16H2,(H,24,27). The number of nitrogens with zero attached hydrogens (tertiary/aromatic N) is 2. The normalized spacial score (nSPS) is 10.5. The van der Waals surface area contributed by atoms with Crippen LogP contribution in [0.15, 0.2) is 84.2 Å². The lowest BCUT2D eigenvalue weighted by Gasteiger charge is -2.08. The van der Waals surface area contributed by atoms with Gasteiger partial charge in [0, 0.05) is 12.6 Å². The number of rotatable bonds is 7. The van der Waals surface area contributed by atoms with Crippen molar-refractivity contribution in [3.63, 3.8) is 0 Å². The van der Waals surface area contributed by atoms with Gasteiger partial charge in [0.1, 0.15) is 5.69 Å². The zero-order chi connectivity index (χ0) is 20.8. The Bertz CT molecular complexity index is 1120. The number of hydrogen-bond donors (Lipinski definition) is 1. The lowest BCUT2D eigenvalue weighted by molar-refractivity contribution is -0.124. The van der Waals surface area contributed by atoms with Crippen LogP contribution in [-0.4, -0.2) is 28.3 Å². The summed E-state index contributed by atoms with van der Waals surface area (Å²) >= 11 is 1.54. The lowest BCUT2D eigenvalue weighted by atomic mass is 10.2. The Labute approximate surface area is 177 Å². The fourth-order valence-corrected chi connectivity index (χ4v) is 3.57. The Morgan fingerprint density at radius 2 is 1.70 bits per heavy atom. The molecule has 0 atom stereocenters. The third-order valence-corrected chi connectivity index (χ3v) is 5.25. The van der Waals surface area contributed by atoms with Gasteiger partial charge in [0.15, 0.2) is 12.3 Å². The van der Waals surface area contributed by atoms with Crippen LogP contribution < -0.4 is 5.32 Å². The molecular weight excluding hydrogens is 398 g/mol. The van der Waals surface area contributed by atoms with Gasteiger partial charge in [0.25, 0.3) is 5.91 Å². The van der Waals surface area contributed by atoms with E-state index in [0.717, 1.165) is 16.1 Å². The number of aromatic nitrogens is 2. The van der Waals surface area contributed by atoms with Gasteiger partial charge in [-0.05, 0) is 29.1 Å². The molecule has 2 heterocycles. The maximum absolute atomic E-state index is 12.7. The molecule has 7 heteroatoms. The summed E-state index contributed by atoms with van der Waals surface area (Å²) in [4.78, 5) is 25.8. The van der Waals surface area contributed by atoms with Crippen LogP contribution in [0.1, 0.15) is 16.1 Å². The molecule has 0 aliphatic heterocycles. The summed E-state index contributed by atoms with van der Waals surface area (Å²) in [6.45, 7) is 0.0155. The van der Waals surface area contributed by atoms with Gasteiger partial charge in [-0.2, -0.15) is 5.10 Å². The molecular formula is C23H19N3O3S. The van der Waals surface area contributed by atoms with Crippen molar-refractivity contribution in [3.8, 4) is 16.3 Å². The van der Waals surface area contributed by atoms with Gasteiger partial charge in [0.2, 0.25) is 0 Å². The lowest BCUT2D eigenvalue weighted by Crippen LogP contribution is -2.28. The molecule has 2 aromatic heterocycles. The smallest absolute Gasteiger partial charge is 0.357 e. The zero-order valence-electron chi connectivity index (χ0n) is 16.0. The van der Waals surface area contributed by atoms with Crippen LogP contribution in [0.3, 0.4) is 0 Å². The highest BCUT2D eigenvalue weighted by Crippen LogP contribution is 2.26. The van der Waals surface area contributed by atoms with Crippen molar-refractivity contribution in [2.45, 2.75) is 6.54 Å². The first-order valence-corrected chi connectivity index (χ1v) is 10.3. The largest absolute Gasteiger partial charge is 0.451 e. The van der Waals surface area contributed by atoms with Crippen LogP contribution in [0, 0.1) is 0 Å². The molecule has 4 aromatic rings. The highest BCUT2D eigenvalue weighted by molar-refractivity contribution is 7.13. The Kier molecular flexibility index (Phi) is 6.01. The number of hydrogen-bond acceptors (Lipinski definition) is 5. The van der Waals surface area contributed by atoms with Gasteiger partial charge in [-0.3, -0.25) is 4.79 Å². The third kappa shape index (κ3) is 4.64. The van der Waals surface area contributed by atoms with Crippen molar-refractivity contribution in [2.24, 2.45) is 0 Å². The molecule has 0 saturated heterocycles. The maximum Gasteiger partial charge on any atom is 0.357 e. The maximum atomic E-state index is 12.7. The SMILES string of the molecule is O=C(COC(=O)c1cc(-c2cccs2)nn1-c1ccccc1)NCc1ccccc1. The molecule has 30 heavy (non-hydrogen) atoms. The first-order valence-electron chi connectivity index (χ1n) is 9.38. The van der Waals surface area contributed by atoms with E-state index in [0.29, 0.717) is 12.2 Å². The summed E-state index contributed by atoms with van der Waals surface area (Å²) < 4.78 is 6.80. The van der Waals surface area contributed by atoms with Crippen molar-refractivity contribution in [3.05, 3.63) is 95.5 Å². The number of carbonyl (C=O) groups is 2. The molecule has 0 radical (unpaired) electrons. The molecule has 0 saturated carbocycles. The van der Waals surface area contributed by atoms with Gasteiger partial charge in [-0.25, -0.2) is 9.48 Å². The average Bonchev–Trinajstić information content (AvgIpc) is 3.47. The second kappa shape index (κ2) is 9.19. The van der Waals surface area contributed by atoms with E-state index >= 15 is 0 Å². The molecule has 2 aromatic carbocycles. The quantitative estimate of drug-likeness (QED) is 0.460. The number of thiophene rings is 1. The predicted octanol–water partition coefficient (Wildman–Crippen LogP) is 4.07. The van der Waals surface area contributed by atoms with Crippen LogP contribution >= 0.6 is 11.3 Å². The number of esters is 1. The van der Waals surface area contributed by atoms with E-state index in [2.05, 4.69) is 10.4 Å². The molecule has 1 amide bonds. The van der Waals surface area contributed by atoms with E-state index < -0.39 is 5.97 Å². The van der Waals surface area contributed by atoms with Gasteiger partial charge in [-0.1, -0.05) is 54.6 Å². The van der Waals surface area contributed by atoms with Gasteiger partial charge >= 0.3 is 5.97 Å². The Morgan fingerprint density at radius 1 is 0.967 bits per heavy atom. The Balaban J connectivity index is 1.47. The van der Waals surface area contributed by atoms with Crippen LogP contribution in [0.25, 0.3) is 16.3 Å². The van der Waals surface area contributed by atoms with Crippen molar-refractivity contribution in [1.82, 2.24) is 15.1 Å². The number of carbonyl (C=O) groups excluding carboxylic acids is 2. The zero-order valence-corrected chi connectivity index (χ0v) is 16.8. The summed E-state index contributed by atoms with van der Waals surface area (Å²) in [5.41, 5.74) is 2.65. The highest BCUT2D eigenvalue weighted by Gasteiger charge is 2.20. The van der Waals surface area contributed by atoms with Crippen molar-refractivity contribution in [1.29, 1.82) is 0 Å². The molecule has 0 aliphatic carbocycles. The average molecular weight is 417 g/mol. The second-order valence-electron chi connectivity index (χ2n) is 6.48. The van der Waals surface area contributed by atoms with Gasteiger partial charge in [-0.15, -0.1) is 11.3 Å². The number of ether oxygens (including phenoxy) is 1. The van der Waals surface area contributed by atoms with Crippen molar-refractivity contribution in [2.75, 3.05) is 6.61 Å². The molecule has 6 nitrogen and oxygen atoms in total. The van der Waals surface area contributed by atoms with E-state index in [1.165, 1.54) is 11.3 Å². The molecule has 150 valence electrons. The number of benzene rings is 2. The minimum absolute atomic E-state index is 0.264. The second-order valence-corrected chi connectivity index (χ2v) is 7.43. The first kappa shape index (κ1) is 19.6. The number of para-hydroxylation sites is 1. The summed E-state index contributed by atoms with van der Waals surface area (Å²) in [6.07, 6.45) is 0. The van der Waals surface area contributed by atoms with E-state index in [1.54, 1.807) is 10.7 Å². The van der Waals surface area contributed by atoms with Gasteiger partial charge in [0.05, 0.1) is 10.6 Å². The van der Waals surface area contributed by atoms with E-state index in [4.69, 9.17) is 4.74 Å². The fourth-order valence-electron chi connectivity index (χ4n) is 2.89. The van der Waals surface area contributed by atoms with Crippen LogP contribution in [0.5, 0.6) is 0 Å². The highest BCUT2D eigenvalue weighted by atomic mass is 32.1. The van der Waals surface area contributed by atoms with Crippen LogP contribution in [-0.2, 0) is 16.1 Å². The van der Waals surface area contributed by atoms with E-state index in [1.807, 2.05) is 78.2 Å². The number of amides is 1. The molecule has 0 unspecified atom stereocenters. The van der Waals surface area contributed by atoms with Gasteiger partial charge < -0.3 is 10.1 Å². The minimum atomic E-state index is -0.607. The minimum Gasteiger partial charge on any atom is -0.451 e. The Hall–Kier alpha value is -3.71. The third-order valence-electron chi connectivity index (χ3n) is 4.36. The molecule has 1 N–H and O–H groups in total. The Morgan fingerprint density at radius 3 is 2.40 bits per heavy atom. The predicted molar refractivity (Wildman–Crippen MR) is 115 cm³/mol. The van der Waals surface area contributed by atoms with Crippen LogP contribution in [0.2, 0.25) is 0 Å². The van der Waals surface area contributed by atoms with Crippen molar-refractivity contribution >= 4 is 23.2 Å². The molecule has 0 fully saturated rings. The monoisotopic (exact) mass is 417 g/mol. The van der Waals surface area contributed by atoms with Crippen LogP contribution in [0.4, 0.5) is 0 Å². The summed E-state index contributed by atoms with van der Waals surface area (Å²) in [5, 5.41) is 9.27. The van der Waals surface area contributed by atoms with Crippen molar-refractivity contribution < 1.29 is 14.3 Å². The molecule has 0 aliphatic rings. The summed E-state index contributed by atoms with van der Waals surface area (Å²) in [6, 6.07) is 24.4. The summed E-state index contributed by atoms with van der Waals surface area (Å²) in [7, 11) is 0. The molecule has 0 bridgehead atoms. The van der Waals surface area contributed by atoms with E-state index in [-0.39, 0.29) is 18.2 Å².